The quantitative estimate of drug-likeness (QED) is 0.814. The number of carboxylic acids is 1. The van der Waals surface area contributed by atoms with Gasteiger partial charge >= 0.3 is 5.97 Å². The Bertz CT molecular complexity index is 288. The lowest BCUT2D eigenvalue weighted by atomic mass is 9.85. The van der Waals surface area contributed by atoms with Crippen LogP contribution in [0.5, 0.6) is 0 Å². The molecule has 2 saturated heterocycles. The van der Waals surface area contributed by atoms with Gasteiger partial charge in [-0.1, -0.05) is 6.92 Å². The molecule has 2 atom stereocenters. The summed E-state index contributed by atoms with van der Waals surface area (Å²) in [5.74, 6) is -0.303. The zero-order valence-corrected chi connectivity index (χ0v) is 10.8. The lowest BCUT2D eigenvalue weighted by Crippen LogP contribution is -2.56. The molecular weight excluding hydrogens is 218 g/mol. The molecule has 0 bridgehead atoms. The summed E-state index contributed by atoms with van der Waals surface area (Å²) in [7, 11) is 0. The van der Waals surface area contributed by atoms with E-state index >= 15 is 0 Å². The Morgan fingerprint density at radius 3 is 2.82 bits per heavy atom. The zero-order chi connectivity index (χ0) is 12.5. The van der Waals surface area contributed by atoms with Gasteiger partial charge in [0.1, 0.15) is 0 Å². The molecule has 2 aliphatic rings. The third-order valence-corrected chi connectivity index (χ3v) is 4.28. The summed E-state index contributed by atoms with van der Waals surface area (Å²) in [5.41, 5.74) is 0.0286. The largest absolute Gasteiger partial charge is 0.481 e. The molecule has 98 valence electrons. The Labute approximate surface area is 103 Å². The van der Waals surface area contributed by atoms with Gasteiger partial charge in [0.15, 0.2) is 0 Å². The number of hydrogen-bond donors (Lipinski definition) is 1. The molecule has 2 rings (SSSR count). The molecule has 0 aliphatic carbocycles. The summed E-state index contributed by atoms with van der Waals surface area (Å²) in [4.78, 5) is 13.0. The van der Waals surface area contributed by atoms with E-state index in [0.29, 0.717) is 18.4 Å². The van der Waals surface area contributed by atoms with Crippen LogP contribution >= 0.6 is 0 Å². The molecule has 2 aliphatic heterocycles. The van der Waals surface area contributed by atoms with E-state index in [-0.39, 0.29) is 5.60 Å². The van der Waals surface area contributed by atoms with Crippen LogP contribution in [0.15, 0.2) is 0 Å². The average molecular weight is 241 g/mol. The number of carboxylic acid groups (broad SMARTS) is 1. The van der Waals surface area contributed by atoms with Crippen molar-refractivity contribution in [3.8, 4) is 0 Å². The Hall–Kier alpha value is -0.610. The van der Waals surface area contributed by atoms with E-state index in [2.05, 4.69) is 18.7 Å². The molecule has 2 unspecified atom stereocenters. The van der Waals surface area contributed by atoms with Gasteiger partial charge in [0.2, 0.25) is 0 Å². The molecule has 0 radical (unpaired) electrons. The second-order valence-corrected chi connectivity index (χ2v) is 5.72. The fourth-order valence-corrected chi connectivity index (χ4v) is 2.94. The highest BCUT2D eigenvalue weighted by molar-refractivity contribution is 5.67. The van der Waals surface area contributed by atoms with E-state index in [1.165, 1.54) is 0 Å². The number of ether oxygens (including phenoxy) is 1. The predicted molar refractivity (Wildman–Crippen MR) is 65.0 cm³/mol. The van der Waals surface area contributed by atoms with Crippen molar-refractivity contribution in [3.05, 3.63) is 0 Å². The van der Waals surface area contributed by atoms with E-state index in [1.54, 1.807) is 0 Å². The summed E-state index contributed by atoms with van der Waals surface area (Å²) in [5, 5.41) is 8.73. The van der Waals surface area contributed by atoms with Crippen LogP contribution < -0.4 is 0 Å². The number of hydrogen-bond acceptors (Lipinski definition) is 3. The highest BCUT2D eigenvalue weighted by Gasteiger charge is 2.39. The second kappa shape index (κ2) is 4.94. The molecule has 0 aromatic heterocycles. The van der Waals surface area contributed by atoms with E-state index in [9.17, 15) is 4.79 Å². The molecule has 0 amide bonds. The highest BCUT2D eigenvalue weighted by atomic mass is 16.5. The summed E-state index contributed by atoms with van der Waals surface area (Å²) >= 11 is 0. The van der Waals surface area contributed by atoms with Gasteiger partial charge < -0.3 is 9.84 Å². The minimum absolute atomic E-state index is 0.0286. The van der Waals surface area contributed by atoms with Gasteiger partial charge in [-0.25, -0.2) is 0 Å². The van der Waals surface area contributed by atoms with E-state index in [1.807, 2.05) is 0 Å². The monoisotopic (exact) mass is 241 g/mol. The van der Waals surface area contributed by atoms with Gasteiger partial charge in [-0.05, 0) is 32.1 Å². The summed E-state index contributed by atoms with van der Waals surface area (Å²) in [6.07, 6.45) is 3.55. The van der Waals surface area contributed by atoms with Crippen LogP contribution in [0.25, 0.3) is 0 Å². The van der Waals surface area contributed by atoms with Gasteiger partial charge in [-0.2, -0.15) is 0 Å². The highest BCUT2D eigenvalue weighted by Crippen LogP contribution is 2.34. The van der Waals surface area contributed by atoms with E-state index < -0.39 is 5.97 Å². The minimum atomic E-state index is -0.667. The molecule has 1 N–H and O–H groups in total. The first-order valence-corrected chi connectivity index (χ1v) is 6.62. The Morgan fingerprint density at radius 1 is 1.53 bits per heavy atom. The summed E-state index contributed by atoms with van der Waals surface area (Å²) in [6, 6.07) is 0.596. The lowest BCUT2D eigenvalue weighted by molar-refractivity contribution is -0.142. The van der Waals surface area contributed by atoms with Gasteiger partial charge in [-0.15, -0.1) is 0 Å². The van der Waals surface area contributed by atoms with Crippen molar-refractivity contribution < 1.29 is 14.6 Å². The smallest absolute Gasteiger partial charge is 0.303 e. The van der Waals surface area contributed by atoms with E-state index in [0.717, 1.165) is 39.0 Å². The maximum atomic E-state index is 10.6. The molecule has 0 spiro atoms. The van der Waals surface area contributed by atoms with Crippen LogP contribution in [-0.4, -0.2) is 47.3 Å². The van der Waals surface area contributed by atoms with Crippen molar-refractivity contribution >= 4 is 5.97 Å². The summed E-state index contributed by atoms with van der Waals surface area (Å²) in [6.45, 7) is 7.11. The maximum absolute atomic E-state index is 10.6. The van der Waals surface area contributed by atoms with Crippen molar-refractivity contribution in [2.75, 3.05) is 19.7 Å². The molecular formula is C13H23NO3. The zero-order valence-electron chi connectivity index (χ0n) is 10.8. The van der Waals surface area contributed by atoms with Crippen LogP contribution in [0.3, 0.4) is 0 Å². The van der Waals surface area contributed by atoms with Crippen molar-refractivity contribution in [1.82, 2.24) is 4.90 Å². The first-order chi connectivity index (χ1) is 8.02. The first-order valence-electron chi connectivity index (χ1n) is 6.62. The third kappa shape index (κ3) is 2.99. The molecule has 2 heterocycles. The number of nitrogens with zero attached hydrogens (tertiary/aromatic N) is 1. The minimum Gasteiger partial charge on any atom is -0.481 e. The number of likely N-dealkylation sites (tertiary alicyclic amines) is 1. The normalized spacial score (nSPS) is 35.5. The van der Waals surface area contributed by atoms with Crippen LogP contribution in [0, 0.1) is 5.92 Å². The molecule has 4 heteroatoms. The van der Waals surface area contributed by atoms with Gasteiger partial charge in [0.25, 0.3) is 0 Å². The van der Waals surface area contributed by atoms with Crippen LogP contribution in [0.2, 0.25) is 0 Å². The average Bonchev–Trinajstić information content (AvgIpc) is 2.22. The molecule has 0 aromatic carbocycles. The fourth-order valence-electron chi connectivity index (χ4n) is 2.94. The topological polar surface area (TPSA) is 49.8 Å². The second-order valence-electron chi connectivity index (χ2n) is 5.72. The first kappa shape index (κ1) is 12.8. The van der Waals surface area contributed by atoms with Crippen molar-refractivity contribution in [3.63, 3.8) is 0 Å². The van der Waals surface area contributed by atoms with Gasteiger partial charge in [0, 0.05) is 25.7 Å². The molecule has 2 fully saturated rings. The fraction of sp³-hybridized carbons (Fsp3) is 0.923. The maximum Gasteiger partial charge on any atom is 0.303 e. The van der Waals surface area contributed by atoms with Crippen molar-refractivity contribution in [2.45, 2.75) is 51.2 Å². The van der Waals surface area contributed by atoms with Crippen LogP contribution in [0.4, 0.5) is 0 Å². The third-order valence-electron chi connectivity index (χ3n) is 4.28. The number of rotatable bonds is 4. The van der Waals surface area contributed by atoms with E-state index in [4.69, 9.17) is 9.84 Å². The summed E-state index contributed by atoms with van der Waals surface area (Å²) < 4.78 is 5.83. The van der Waals surface area contributed by atoms with Crippen LogP contribution in [0.1, 0.15) is 39.5 Å². The molecule has 4 nitrogen and oxygen atoms in total. The lowest BCUT2D eigenvalue weighted by Gasteiger charge is -2.49. The number of aliphatic carboxylic acids is 1. The molecule has 0 aromatic rings. The Morgan fingerprint density at radius 2 is 2.24 bits per heavy atom. The van der Waals surface area contributed by atoms with Gasteiger partial charge in [-0.3, -0.25) is 9.69 Å². The SMILES string of the molecule is CCC1(C)CC(N2CC(CC(=O)O)C2)CCO1. The molecule has 0 saturated carbocycles. The Kier molecular flexibility index (Phi) is 3.73. The van der Waals surface area contributed by atoms with Gasteiger partial charge in [0.05, 0.1) is 12.0 Å². The number of carbonyl (C=O) groups is 1. The van der Waals surface area contributed by atoms with Crippen LogP contribution in [-0.2, 0) is 9.53 Å². The predicted octanol–water partition coefficient (Wildman–Crippen LogP) is 1.74. The molecule has 17 heavy (non-hydrogen) atoms. The van der Waals surface area contributed by atoms with Crippen molar-refractivity contribution in [2.24, 2.45) is 5.92 Å². The Balaban J connectivity index is 1.79. The van der Waals surface area contributed by atoms with Crippen molar-refractivity contribution in [1.29, 1.82) is 0 Å². The standard InChI is InChI=1S/C13H23NO3/c1-3-13(2)7-11(4-5-17-13)14-8-10(9-14)6-12(15)16/h10-11H,3-9H2,1-2H3,(H,15,16).